The second-order valence-electron chi connectivity index (χ2n) is 9.72. The summed E-state index contributed by atoms with van der Waals surface area (Å²) in [6, 6.07) is 2.47. The molecular formula is C26H29F4N7O3. The summed E-state index contributed by atoms with van der Waals surface area (Å²) in [6.45, 7) is 2.39. The Bertz CT molecular complexity index is 1460. The summed E-state index contributed by atoms with van der Waals surface area (Å²) in [4.78, 5) is 8.18. The van der Waals surface area contributed by atoms with E-state index < -0.39 is 35.6 Å². The van der Waals surface area contributed by atoms with Gasteiger partial charge in [0.1, 0.15) is 17.6 Å². The number of halogens is 4. The number of ether oxygens (including phenoxy) is 1. The fourth-order valence-corrected chi connectivity index (χ4v) is 4.95. The van der Waals surface area contributed by atoms with Gasteiger partial charge in [0.25, 0.3) is 5.88 Å². The number of rotatable bonds is 9. The topological polar surface area (TPSA) is 123 Å². The zero-order valence-electron chi connectivity index (χ0n) is 21.6. The molecular weight excluding hydrogens is 534 g/mol. The first-order valence-electron chi connectivity index (χ1n) is 13.0. The predicted octanol–water partition coefficient (Wildman–Crippen LogP) is 4.20. The van der Waals surface area contributed by atoms with Gasteiger partial charge in [-0.3, -0.25) is 9.36 Å². The van der Waals surface area contributed by atoms with Crippen LogP contribution in [0.3, 0.4) is 0 Å². The van der Waals surface area contributed by atoms with Gasteiger partial charge in [-0.05, 0) is 38.7 Å². The monoisotopic (exact) mass is 563 g/mol. The lowest BCUT2D eigenvalue weighted by molar-refractivity contribution is -0.140. The van der Waals surface area contributed by atoms with Crippen LogP contribution in [0.4, 0.5) is 23.4 Å². The molecule has 3 N–H and O–H groups in total. The third-order valence-corrected chi connectivity index (χ3v) is 6.90. The summed E-state index contributed by atoms with van der Waals surface area (Å²) in [5, 5.41) is 32.1. The van der Waals surface area contributed by atoms with E-state index in [2.05, 4.69) is 20.4 Å². The summed E-state index contributed by atoms with van der Waals surface area (Å²) in [7, 11) is 0. The highest BCUT2D eigenvalue weighted by molar-refractivity contribution is 5.93. The third kappa shape index (κ3) is 5.72. The number of hydrogen-bond acceptors (Lipinski definition) is 8. The average Bonchev–Trinajstić information content (AvgIpc) is 3.54. The van der Waals surface area contributed by atoms with Crippen molar-refractivity contribution in [2.75, 3.05) is 18.5 Å². The largest absolute Gasteiger partial charge is 0.472 e. The first-order valence-corrected chi connectivity index (χ1v) is 13.0. The number of nitrogens with zero attached hydrogens (tertiary/aromatic N) is 6. The van der Waals surface area contributed by atoms with Gasteiger partial charge in [0, 0.05) is 42.2 Å². The van der Waals surface area contributed by atoms with Crippen molar-refractivity contribution in [1.82, 2.24) is 29.5 Å². The van der Waals surface area contributed by atoms with Gasteiger partial charge in [-0.15, -0.1) is 0 Å². The van der Waals surface area contributed by atoms with E-state index in [4.69, 9.17) is 14.9 Å². The Hall–Kier alpha value is -3.78. The minimum atomic E-state index is -4.84. The van der Waals surface area contributed by atoms with Gasteiger partial charge in [-0.25, -0.2) is 14.4 Å². The Morgan fingerprint density at radius 3 is 2.65 bits per heavy atom. The van der Waals surface area contributed by atoms with Crippen molar-refractivity contribution in [3.05, 3.63) is 48.3 Å². The van der Waals surface area contributed by atoms with Crippen LogP contribution in [0.25, 0.3) is 22.2 Å². The van der Waals surface area contributed by atoms with Crippen molar-refractivity contribution in [3.8, 4) is 17.1 Å². The van der Waals surface area contributed by atoms with E-state index in [0.29, 0.717) is 49.8 Å². The molecule has 0 saturated heterocycles. The molecule has 40 heavy (non-hydrogen) atoms. The molecule has 0 spiro atoms. The van der Waals surface area contributed by atoms with Gasteiger partial charge in [0.2, 0.25) is 0 Å². The van der Waals surface area contributed by atoms with Crippen LogP contribution in [0.2, 0.25) is 0 Å². The number of hydrogen-bond donors (Lipinski definition) is 3. The fourth-order valence-electron chi connectivity index (χ4n) is 4.95. The quantitative estimate of drug-likeness (QED) is 0.259. The molecule has 214 valence electrons. The Morgan fingerprint density at radius 2 is 1.95 bits per heavy atom. The first kappa shape index (κ1) is 27.8. The van der Waals surface area contributed by atoms with Gasteiger partial charge in [-0.2, -0.15) is 23.4 Å². The van der Waals surface area contributed by atoms with E-state index in [1.165, 1.54) is 4.68 Å². The molecule has 5 rings (SSSR count). The summed E-state index contributed by atoms with van der Waals surface area (Å²) >= 11 is 0. The van der Waals surface area contributed by atoms with E-state index in [1.54, 1.807) is 18.6 Å². The van der Waals surface area contributed by atoms with Crippen LogP contribution < -0.4 is 10.1 Å². The molecule has 0 amide bonds. The predicted molar refractivity (Wildman–Crippen MR) is 137 cm³/mol. The Kier molecular flexibility index (Phi) is 7.90. The summed E-state index contributed by atoms with van der Waals surface area (Å²) in [6.07, 6.45) is 1.89. The number of aliphatic hydroxyl groups is 2. The van der Waals surface area contributed by atoms with Crippen molar-refractivity contribution in [1.29, 1.82) is 0 Å². The number of aliphatic hydroxyl groups excluding tert-OH is 2. The third-order valence-electron chi connectivity index (χ3n) is 6.90. The molecule has 0 unspecified atom stereocenters. The lowest BCUT2D eigenvalue weighted by Crippen LogP contribution is -2.27. The summed E-state index contributed by atoms with van der Waals surface area (Å²) in [5.74, 6) is -1.46. The second-order valence-corrected chi connectivity index (χ2v) is 9.72. The van der Waals surface area contributed by atoms with Crippen LogP contribution >= 0.6 is 0 Å². The van der Waals surface area contributed by atoms with Crippen LogP contribution in [0, 0.1) is 5.82 Å². The molecule has 10 nitrogen and oxygen atoms in total. The second kappa shape index (κ2) is 11.4. The highest BCUT2D eigenvalue weighted by atomic mass is 19.4. The summed E-state index contributed by atoms with van der Waals surface area (Å²) < 4.78 is 62.7. The van der Waals surface area contributed by atoms with Gasteiger partial charge in [-0.1, -0.05) is 0 Å². The molecule has 14 heteroatoms. The molecule has 1 aliphatic carbocycles. The molecule has 1 fully saturated rings. The number of aromatic nitrogens is 6. The molecule has 0 bridgehead atoms. The van der Waals surface area contributed by atoms with E-state index in [1.807, 2.05) is 17.7 Å². The average molecular weight is 564 g/mol. The van der Waals surface area contributed by atoms with Crippen molar-refractivity contribution in [2.24, 2.45) is 0 Å². The summed E-state index contributed by atoms with van der Waals surface area (Å²) in [5.41, 5.74) is 0.818. The van der Waals surface area contributed by atoms with Gasteiger partial charge >= 0.3 is 6.18 Å². The Morgan fingerprint density at radius 1 is 1.18 bits per heavy atom. The van der Waals surface area contributed by atoms with Crippen LogP contribution in [-0.4, -0.2) is 65.1 Å². The van der Waals surface area contributed by atoms with E-state index in [-0.39, 0.29) is 19.2 Å². The molecule has 4 heterocycles. The van der Waals surface area contributed by atoms with Crippen molar-refractivity contribution < 1.29 is 32.5 Å². The van der Waals surface area contributed by atoms with Crippen LogP contribution in [0.15, 0.2) is 36.9 Å². The molecule has 0 aromatic carbocycles. The van der Waals surface area contributed by atoms with Crippen molar-refractivity contribution in [3.63, 3.8) is 0 Å². The highest BCUT2D eigenvalue weighted by Crippen LogP contribution is 2.38. The van der Waals surface area contributed by atoms with Crippen molar-refractivity contribution >= 4 is 16.7 Å². The molecule has 1 atom stereocenters. The van der Waals surface area contributed by atoms with E-state index >= 15 is 0 Å². The maximum absolute atomic E-state index is 14.4. The zero-order valence-corrected chi connectivity index (χ0v) is 21.6. The zero-order chi connectivity index (χ0) is 28.4. The first-order chi connectivity index (χ1) is 19.2. The van der Waals surface area contributed by atoms with Gasteiger partial charge in [0.05, 0.1) is 42.6 Å². The van der Waals surface area contributed by atoms with E-state index in [9.17, 15) is 22.7 Å². The fraction of sp³-hybridized carbons (Fsp3) is 0.462. The lowest BCUT2D eigenvalue weighted by atomic mass is 9.93. The number of fused-ring (bicyclic) bond motifs is 1. The Labute approximate surface area is 226 Å². The molecule has 4 aromatic rings. The normalized spacial score (nSPS) is 18.7. The lowest BCUT2D eigenvalue weighted by Gasteiger charge is -2.29. The molecule has 4 aromatic heterocycles. The molecule has 1 saturated carbocycles. The highest BCUT2D eigenvalue weighted by Gasteiger charge is 2.36. The van der Waals surface area contributed by atoms with Crippen LogP contribution in [0.5, 0.6) is 5.88 Å². The van der Waals surface area contributed by atoms with Crippen molar-refractivity contribution in [2.45, 2.75) is 63.6 Å². The number of pyridine rings is 2. The minimum Gasteiger partial charge on any atom is -0.472 e. The number of nitrogens with one attached hydrogen (secondary N) is 1. The number of anilines is 1. The van der Waals surface area contributed by atoms with E-state index in [0.717, 1.165) is 22.7 Å². The maximum Gasteiger partial charge on any atom is 0.419 e. The van der Waals surface area contributed by atoms with Gasteiger partial charge < -0.3 is 20.3 Å². The molecule has 0 aliphatic heterocycles. The SMILES string of the molecule is CCNc1cc2c(cn1)c(-c1cnn(C[C@H](O)CO)c1)nn2C1CCC(Oc2nccc(C(F)(F)F)c2F)CC1. The van der Waals surface area contributed by atoms with Gasteiger partial charge in [0.15, 0.2) is 5.82 Å². The standard InChI is InChI=1S/C26H29F4N7O3/c1-2-31-22-9-21-19(11-33-22)24(15-10-34-36(12-15)13-17(39)14-38)35-37(21)16-3-5-18(6-4-16)40-25-23(27)20(7-8-32-25)26(28,29)30/h7-12,16-18,38-39H,2-6,13-14H2,1H3,(H,31,33)/t16?,17-,18?/m0/s1. The van der Waals surface area contributed by atoms with Crippen LogP contribution in [-0.2, 0) is 12.7 Å². The minimum absolute atomic E-state index is 0.0430. The van der Waals surface area contributed by atoms with Crippen LogP contribution in [0.1, 0.15) is 44.2 Å². The number of alkyl halides is 3. The maximum atomic E-state index is 14.4. The molecule has 1 aliphatic rings. The molecule has 0 radical (unpaired) electrons. The Balaban J connectivity index is 1.38. The smallest absolute Gasteiger partial charge is 0.419 e.